The van der Waals surface area contributed by atoms with Crippen LogP contribution in [0.1, 0.15) is 53.3 Å². The molecule has 0 aliphatic carbocycles. The van der Waals surface area contributed by atoms with E-state index in [0.717, 1.165) is 24.7 Å². The summed E-state index contributed by atoms with van der Waals surface area (Å²) in [6, 6.07) is 3.50. The Hall–Kier alpha value is -2.13. The van der Waals surface area contributed by atoms with Gasteiger partial charge < -0.3 is 14.2 Å². The predicted molar refractivity (Wildman–Crippen MR) is 98.6 cm³/mol. The first-order valence-corrected chi connectivity index (χ1v) is 9.81. The third-order valence-electron chi connectivity index (χ3n) is 5.52. The van der Waals surface area contributed by atoms with Crippen molar-refractivity contribution >= 4 is 17.5 Å². The molecule has 1 saturated heterocycles. The summed E-state index contributed by atoms with van der Waals surface area (Å²) in [5, 5.41) is 7.95. The summed E-state index contributed by atoms with van der Waals surface area (Å²) in [4.78, 5) is 14.5. The van der Waals surface area contributed by atoms with E-state index in [0.29, 0.717) is 19.8 Å². The van der Waals surface area contributed by atoms with Crippen LogP contribution in [0.5, 0.6) is 0 Å². The molecule has 3 heterocycles. The van der Waals surface area contributed by atoms with Crippen molar-refractivity contribution in [3.8, 4) is 0 Å². The number of alkyl halides is 3. The normalized spacial score (nSPS) is 20.8. The van der Waals surface area contributed by atoms with Crippen LogP contribution >= 0.6 is 11.6 Å². The maximum absolute atomic E-state index is 13.1. The molecular weight excluding hydrogens is 409 g/mol. The number of hydrogen-bond donors (Lipinski definition) is 0. The van der Waals surface area contributed by atoms with Gasteiger partial charge in [0.25, 0.3) is 5.91 Å². The number of amides is 1. The summed E-state index contributed by atoms with van der Waals surface area (Å²) in [7, 11) is 0. The van der Waals surface area contributed by atoms with E-state index in [9.17, 15) is 18.0 Å². The molecule has 1 unspecified atom stereocenters. The van der Waals surface area contributed by atoms with Crippen LogP contribution in [0.2, 0.25) is 5.02 Å². The van der Waals surface area contributed by atoms with Gasteiger partial charge in [-0.1, -0.05) is 23.7 Å². The molecule has 2 aliphatic rings. The molecule has 1 atom stereocenters. The Morgan fingerprint density at radius 1 is 1.24 bits per heavy atom. The first-order chi connectivity index (χ1) is 13.8. The van der Waals surface area contributed by atoms with Crippen molar-refractivity contribution in [2.24, 2.45) is 0 Å². The Kier molecular flexibility index (Phi) is 5.29. The monoisotopic (exact) mass is 428 g/mol. The van der Waals surface area contributed by atoms with E-state index in [1.807, 2.05) is 11.5 Å². The second kappa shape index (κ2) is 7.60. The Morgan fingerprint density at radius 2 is 1.97 bits per heavy atom. The van der Waals surface area contributed by atoms with E-state index in [1.165, 1.54) is 17.0 Å². The average molecular weight is 429 g/mol. The van der Waals surface area contributed by atoms with Crippen LogP contribution in [-0.2, 0) is 24.0 Å². The molecule has 0 spiro atoms. The summed E-state index contributed by atoms with van der Waals surface area (Å²) in [5.41, 5.74) is -0.655. The van der Waals surface area contributed by atoms with Gasteiger partial charge in [-0.2, -0.15) is 13.2 Å². The molecule has 0 N–H and O–H groups in total. The lowest BCUT2D eigenvalue weighted by Crippen LogP contribution is -2.46. The molecule has 156 valence electrons. The van der Waals surface area contributed by atoms with Crippen molar-refractivity contribution in [1.82, 2.24) is 19.7 Å². The number of fused-ring (bicyclic) bond motifs is 1. The number of hydrogen-bond acceptors (Lipinski definition) is 4. The lowest BCUT2D eigenvalue weighted by Gasteiger charge is -2.35. The molecule has 1 amide bonds. The van der Waals surface area contributed by atoms with Crippen LogP contribution in [0, 0.1) is 0 Å². The zero-order chi connectivity index (χ0) is 20.8. The Morgan fingerprint density at radius 3 is 2.66 bits per heavy atom. The van der Waals surface area contributed by atoms with Gasteiger partial charge in [0.05, 0.1) is 10.6 Å². The number of carbonyl (C=O) groups excluding carboxylic acids is 1. The molecule has 2 aliphatic heterocycles. The van der Waals surface area contributed by atoms with Gasteiger partial charge in [-0.3, -0.25) is 4.79 Å². The largest absolute Gasteiger partial charge is 0.417 e. The number of ether oxygens (including phenoxy) is 1. The fourth-order valence-electron chi connectivity index (χ4n) is 3.93. The van der Waals surface area contributed by atoms with Crippen molar-refractivity contribution in [3.05, 3.63) is 46.0 Å². The maximum Gasteiger partial charge on any atom is 0.417 e. The zero-order valence-corrected chi connectivity index (χ0v) is 16.5. The van der Waals surface area contributed by atoms with Gasteiger partial charge in [-0.25, -0.2) is 0 Å². The summed E-state index contributed by atoms with van der Waals surface area (Å²) >= 11 is 6.01. The highest BCUT2D eigenvalue weighted by Gasteiger charge is 2.37. The highest BCUT2D eigenvalue weighted by atomic mass is 35.5. The number of aromatic nitrogens is 3. The first kappa shape index (κ1) is 20.2. The first-order valence-electron chi connectivity index (χ1n) is 9.43. The second-order valence-corrected chi connectivity index (χ2v) is 7.82. The Bertz CT molecular complexity index is 925. The molecule has 10 heteroatoms. The SMILES string of the molecule is CC1Cn2c(nnc2C2CCOCC2)C(=O)N1Cc1cccc(C(F)(F)F)c1Cl. The fourth-order valence-corrected chi connectivity index (χ4v) is 4.23. The third kappa shape index (κ3) is 3.73. The van der Waals surface area contributed by atoms with Gasteiger partial charge in [0, 0.05) is 38.3 Å². The molecule has 2 aromatic rings. The minimum atomic E-state index is -4.55. The van der Waals surface area contributed by atoms with Crippen molar-refractivity contribution in [1.29, 1.82) is 0 Å². The van der Waals surface area contributed by atoms with Gasteiger partial charge in [0.1, 0.15) is 5.82 Å². The highest BCUT2D eigenvalue weighted by molar-refractivity contribution is 6.32. The number of rotatable bonds is 3. The second-order valence-electron chi connectivity index (χ2n) is 7.44. The molecule has 1 aromatic heterocycles. The van der Waals surface area contributed by atoms with Gasteiger partial charge in [-0.05, 0) is 31.4 Å². The highest BCUT2D eigenvalue weighted by Crippen LogP contribution is 2.37. The summed E-state index contributed by atoms with van der Waals surface area (Å²) < 4.78 is 46.7. The maximum atomic E-state index is 13.1. The molecule has 29 heavy (non-hydrogen) atoms. The molecule has 6 nitrogen and oxygen atoms in total. The van der Waals surface area contributed by atoms with E-state index in [4.69, 9.17) is 16.3 Å². The molecular formula is C19H20ClF3N4O2. The quantitative estimate of drug-likeness (QED) is 0.744. The van der Waals surface area contributed by atoms with E-state index in [-0.39, 0.29) is 40.8 Å². The van der Waals surface area contributed by atoms with Crippen LogP contribution < -0.4 is 0 Å². The van der Waals surface area contributed by atoms with Crippen LogP contribution in [0.3, 0.4) is 0 Å². The fraction of sp³-hybridized carbons (Fsp3) is 0.526. The summed E-state index contributed by atoms with van der Waals surface area (Å²) in [6.45, 7) is 3.61. The van der Waals surface area contributed by atoms with E-state index in [2.05, 4.69) is 10.2 Å². The molecule has 1 aromatic carbocycles. The smallest absolute Gasteiger partial charge is 0.381 e. The minimum Gasteiger partial charge on any atom is -0.381 e. The minimum absolute atomic E-state index is 0.0256. The van der Waals surface area contributed by atoms with E-state index in [1.54, 1.807) is 0 Å². The number of halogens is 4. The molecule has 0 bridgehead atoms. The Balaban J connectivity index is 1.61. The molecule has 4 rings (SSSR count). The van der Waals surface area contributed by atoms with Gasteiger partial charge >= 0.3 is 6.18 Å². The summed E-state index contributed by atoms with van der Waals surface area (Å²) in [5.74, 6) is 0.824. The van der Waals surface area contributed by atoms with Gasteiger partial charge in [0.2, 0.25) is 5.82 Å². The number of nitrogens with zero attached hydrogens (tertiary/aromatic N) is 4. The van der Waals surface area contributed by atoms with E-state index < -0.39 is 11.7 Å². The van der Waals surface area contributed by atoms with Crippen molar-refractivity contribution in [3.63, 3.8) is 0 Å². The Labute approximate surface area is 170 Å². The summed E-state index contributed by atoms with van der Waals surface area (Å²) in [6.07, 6.45) is -2.90. The van der Waals surface area contributed by atoms with Crippen LogP contribution in [0.4, 0.5) is 13.2 Å². The van der Waals surface area contributed by atoms with Crippen LogP contribution in [-0.4, -0.2) is 44.8 Å². The van der Waals surface area contributed by atoms with Crippen molar-refractivity contribution < 1.29 is 22.7 Å². The third-order valence-corrected chi connectivity index (χ3v) is 5.97. The zero-order valence-electron chi connectivity index (χ0n) is 15.7. The number of benzene rings is 1. The average Bonchev–Trinajstić information content (AvgIpc) is 3.10. The van der Waals surface area contributed by atoms with Crippen molar-refractivity contribution in [2.75, 3.05) is 13.2 Å². The lowest BCUT2D eigenvalue weighted by molar-refractivity contribution is -0.137. The molecule has 0 radical (unpaired) electrons. The van der Waals surface area contributed by atoms with Crippen molar-refractivity contribution in [2.45, 2.75) is 51.0 Å². The molecule has 1 fully saturated rings. The number of carbonyl (C=O) groups is 1. The van der Waals surface area contributed by atoms with Gasteiger partial charge in [-0.15, -0.1) is 10.2 Å². The molecule has 0 saturated carbocycles. The van der Waals surface area contributed by atoms with Crippen LogP contribution in [0.25, 0.3) is 0 Å². The predicted octanol–water partition coefficient (Wildman–Crippen LogP) is 3.89. The van der Waals surface area contributed by atoms with Crippen LogP contribution in [0.15, 0.2) is 18.2 Å². The van der Waals surface area contributed by atoms with Gasteiger partial charge in [0.15, 0.2) is 0 Å². The standard InChI is InChI=1S/C19H20ClF3N4O2/c1-11-9-27-16(12-5-7-29-8-6-12)24-25-17(27)18(28)26(11)10-13-3-2-4-14(15(13)20)19(21,22)23/h2-4,11-12H,5-10H2,1H3. The lowest BCUT2D eigenvalue weighted by atomic mass is 9.99. The van der Waals surface area contributed by atoms with E-state index >= 15 is 0 Å². The topological polar surface area (TPSA) is 60.2 Å².